The molecule has 1 aromatic rings. The van der Waals surface area contributed by atoms with Crippen molar-refractivity contribution < 1.29 is 5.11 Å². The zero-order chi connectivity index (χ0) is 8.55. The van der Waals surface area contributed by atoms with E-state index in [0.29, 0.717) is 17.1 Å². The number of rotatable bonds is 0. The lowest BCUT2D eigenvalue weighted by atomic mass is 10.0. The minimum atomic E-state index is -0.497. The molecule has 0 spiro atoms. The zero-order valence-electron chi connectivity index (χ0n) is 6.37. The van der Waals surface area contributed by atoms with Crippen LogP contribution < -0.4 is 0 Å². The van der Waals surface area contributed by atoms with Crippen molar-refractivity contribution in [1.82, 2.24) is 4.98 Å². The molecule has 1 aliphatic rings. The van der Waals surface area contributed by atoms with Gasteiger partial charge >= 0.3 is 0 Å². The van der Waals surface area contributed by atoms with Gasteiger partial charge in [0.2, 0.25) is 0 Å². The summed E-state index contributed by atoms with van der Waals surface area (Å²) in [7, 11) is 0. The summed E-state index contributed by atoms with van der Waals surface area (Å²) in [5.74, 6) is 0. The Morgan fingerprint density at radius 3 is 3.17 bits per heavy atom. The van der Waals surface area contributed by atoms with Crippen molar-refractivity contribution in [3.8, 4) is 0 Å². The Morgan fingerprint density at radius 1 is 1.58 bits per heavy atom. The Hall–Kier alpha value is -0.860. The Morgan fingerprint density at radius 2 is 2.42 bits per heavy atom. The molecule has 1 heterocycles. The fourth-order valence-electron chi connectivity index (χ4n) is 1.32. The van der Waals surface area contributed by atoms with Crippen molar-refractivity contribution in [2.75, 3.05) is 0 Å². The van der Waals surface area contributed by atoms with Crippen LogP contribution >= 0.6 is 11.6 Å². The molecule has 0 aromatic carbocycles. The van der Waals surface area contributed by atoms with E-state index in [1.165, 1.54) is 0 Å². The number of nitrogens with zero attached hydrogens (tertiary/aromatic N) is 1. The van der Waals surface area contributed by atoms with Crippen LogP contribution in [0.1, 0.15) is 23.8 Å². The van der Waals surface area contributed by atoms with Gasteiger partial charge in [-0.25, -0.2) is 0 Å². The Bertz CT molecular complexity index is 335. The van der Waals surface area contributed by atoms with Crippen molar-refractivity contribution in [2.24, 2.45) is 0 Å². The first kappa shape index (κ1) is 7.77. The van der Waals surface area contributed by atoms with Crippen LogP contribution in [0.3, 0.4) is 0 Å². The first-order valence-corrected chi connectivity index (χ1v) is 4.16. The number of aliphatic hydroxyl groups excluding tert-OH is 1. The predicted molar refractivity (Wildman–Crippen MR) is 47.6 cm³/mol. The first-order valence-electron chi connectivity index (χ1n) is 3.78. The molecular weight excluding hydrogens is 174 g/mol. The second-order valence-electron chi connectivity index (χ2n) is 2.74. The fourth-order valence-corrected chi connectivity index (χ4v) is 1.57. The number of aliphatic hydroxyl groups is 1. The van der Waals surface area contributed by atoms with E-state index < -0.39 is 6.10 Å². The van der Waals surface area contributed by atoms with E-state index in [4.69, 9.17) is 11.6 Å². The number of fused-ring (bicyclic) bond motifs is 1. The van der Waals surface area contributed by atoms with Gasteiger partial charge < -0.3 is 5.11 Å². The maximum absolute atomic E-state index is 9.51. The minimum absolute atomic E-state index is 0.497. The highest BCUT2D eigenvalue weighted by molar-refractivity contribution is 6.49. The van der Waals surface area contributed by atoms with Crippen LogP contribution in [0.5, 0.6) is 0 Å². The molecule has 3 heteroatoms. The molecule has 2 nitrogen and oxygen atoms in total. The average Bonchev–Trinajstić information content (AvgIpc) is 2.12. The molecule has 0 fully saturated rings. The molecule has 0 saturated carbocycles. The second-order valence-corrected chi connectivity index (χ2v) is 3.15. The predicted octanol–water partition coefficient (Wildman–Crippen LogP) is 2.10. The molecule has 12 heavy (non-hydrogen) atoms. The van der Waals surface area contributed by atoms with Gasteiger partial charge in [-0.1, -0.05) is 23.7 Å². The Balaban J connectivity index is 2.58. The molecule has 62 valence electrons. The summed E-state index contributed by atoms with van der Waals surface area (Å²) in [6.07, 6.45) is 3.54. The van der Waals surface area contributed by atoms with Gasteiger partial charge in [0.1, 0.15) is 6.10 Å². The zero-order valence-corrected chi connectivity index (χ0v) is 7.12. The maximum atomic E-state index is 9.51. The fraction of sp³-hybridized carbons (Fsp3) is 0.222. The molecule has 1 atom stereocenters. The lowest BCUT2D eigenvalue weighted by Gasteiger charge is -2.16. The molecule has 2 rings (SSSR count). The topological polar surface area (TPSA) is 33.1 Å². The highest BCUT2D eigenvalue weighted by Crippen LogP contribution is 2.32. The molecule has 1 aliphatic carbocycles. The number of hydrogen-bond donors (Lipinski definition) is 1. The lowest BCUT2D eigenvalue weighted by molar-refractivity contribution is 0.175. The van der Waals surface area contributed by atoms with Crippen LogP contribution in [-0.4, -0.2) is 10.1 Å². The quantitative estimate of drug-likeness (QED) is 0.665. The molecule has 1 N–H and O–H groups in total. The number of halogens is 1. The third kappa shape index (κ3) is 1.13. The van der Waals surface area contributed by atoms with Crippen LogP contribution in [-0.2, 0) is 0 Å². The standard InChI is InChI=1S/C9H8ClNO/c10-7-3-4-8(12)9-6(7)2-1-5-11-9/h1-3,5,8,12H,4H2/t8-/m1/s1. The third-order valence-corrected chi connectivity index (χ3v) is 2.29. The van der Waals surface area contributed by atoms with Crippen molar-refractivity contribution >= 4 is 16.6 Å². The smallest absolute Gasteiger partial charge is 0.100 e. The summed E-state index contributed by atoms with van der Waals surface area (Å²) >= 11 is 5.92. The molecule has 0 aliphatic heterocycles. The monoisotopic (exact) mass is 181 g/mol. The van der Waals surface area contributed by atoms with Crippen LogP contribution in [0.25, 0.3) is 5.03 Å². The molecule has 0 amide bonds. The van der Waals surface area contributed by atoms with E-state index >= 15 is 0 Å². The SMILES string of the molecule is O[C@@H]1CC=C(Cl)c2cccnc21. The molecule has 0 unspecified atom stereocenters. The van der Waals surface area contributed by atoms with Gasteiger partial charge in [0.25, 0.3) is 0 Å². The summed E-state index contributed by atoms with van der Waals surface area (Å²) in [5.41, 5.74) is 1.53. The second kappa shape index (κ2) is 2.88. The highest BCUT2D eigenvalue weighted by Gasteiger charge is 2.18. The van der Waals surface area contributed by atoms with Gasteiger partial charge in [-0.2, -0.15) is 0 Å². The van der Waals surface area contributed by atoms with E-state index in [2.05, 4.69) is 4.98 Å². The molecule has 0 bridgehead atoms. The number of aromatic nitrogens is 1. The van der Waals surface area contributed by atoms with Gasteiger partial charge in [0.05, 0.1) is 5.69 Å². The maximum Gasteiger partial charge on any atom is 0.100 e. The van der Waals surface area contributed by atoms with Crippen LogP contribution in [0.15, 0.2) is 24.4 Å². The van der Waals surface area contributed by atoms with Gasteiger partial charge in [-0.05, 0) is 12.5 Å². The molecule has 1 aromatic heterocycles. The number of pyridine rings is 1. The molecule has 0 radical (unpaired) electrons. The highest BCUT2D eigenvalue weighted by atomic mass is 35.5. The van der Waals surface area contributed by atoms with Crippen LogP contribution in [0.2, 0.25) is 0 Å². The van der Waals surface area contributed by atoms with Crippen molar-refractivity contribution in [2.45, 2.75) is 12.5 Å². The Kier molecular flexibility index (Phi) is 1.87. The van der Waals surface area contributed by atoms with E-state index in [9.17, 15) is 5.11 Å². The van der Waals surface area contributed by atoms with Gasteiger partial charge in [-0.15, -0.1) is 0 Å². The van der Waals surface area contributed by atoms with E-state index in [-0.39, 0.29) is 0 Å². The van der Waals surface area contributed by atoms with Crippen molar-refractivity contribution in [3.05, 3.63) is 35.7 Å². The van der Waals surface area contributed by atoms with Gasteiger partial charge in [0, 0.05) is 16.8 Å². The average molecular weight is 182 g/mol. The van der Waals surface area contributed by atoms with E-state index in [0.717, 1.165) is 5.56 Å². The first-order chi connectivity index (χ1) is 5.79. The largest absolute Gasteiger partial charge is 0.386 e. The van der Waals surface area contributed by atoms with E-state index in [1.807, 2.05) is 18.2 Å². The summed E-state index contributed by atoms with van der Waals surface area (Å²) < 4.78 is 0. The summed E-state index contributed by atoms with van der Waals surface area (Å²) in [4.78, 5) is 4.08. The lowest BCUT2D eigenvalue weighted by Crippen LogP contribution is -2.06. The molecular formula is C9H8ClNO. The third-order valence-electron chi connectivity index (χ3n) is 1.93. The Labute approximate surface area is 75.5 Å². The van der Waals surface area contributed by atoms with Crippen molar-refractivity contribution in [1.29, 1.82) is 0 Å². The normalized spacial score (nSPS) is 21.5. The summed E-state index contributed by atoms with van der Waals surface area (Å²) in [6.45, 7) is 0. The summed E-state index contributed by atoms with van der Waals surface area (Å²) in [5, 5.41) is 10.2. The van der Waals surface area contributed by atoms with Crippen molar-refractivity contribution in [3.63, 3.8) is 0 Å². The minimum Gasteiger partial charge on any atom is -0.386 e. The summed E-state index contributed by atoms with van der Waals surface area (Å²) in [6, 6.07) is 3.68. The van der Waals surface area contributed by atoms with E-state index in [1.54, 1.807) is 6.20 Å². The number of hydrogen-bond acceptors (Lipinski definition) is 2. The van der Waals surface area contributed by atoms with Crippen LogP contribution in [0, 0.1) is 0 Å². The van der Waals surface area contributed by atoms with Crippen LogP contribution in [0.4, 0.5) is 0 Å². The van der Waals surface area contributed by atoms with Gasteiger partial charge in [-0.3, -0.25) is 4.98 Å². The van der Waals surface area contributed by atoms with Gasteiger partial charge in [0.15, 0.2) is 0 Å². The molecule has 0 saturated heterocycles.